The average Bonchev–Trinajstić information content (AvgIpc) is 2.76. The molecule has 8 heteroatoms. The van der Waals surface area contributed by atoms with E-state index in [1.165, 1.54) is 36.7 Å². The lowest BCUT2D eigenvalue weighted by molar-refractivity contribution is 0.0673. The highest BCUT2D eigenvalue weighted by molar-refractivity contribution is 5.94. The molecule has 1 amide bonds. The van der Waals surface area contributed by atoms with Gasteiger partial charge in [-0.15, -0.1) is 0 Å². The molecule has 1 atom stereocenters. The van der Waals surface area contributed by atoms with E-state index in [0.717, 1.165) is 5.56 Å². The van der Waals surface area contributed by atoms with Crippen LogP contribution in [-0.4, -0.2) is 46.5 Å². The summed E-state index contributed by atoms with van der Waals surface area (Å²) in [6.07, 6.45) is 1.37. The van der Waals surface area contributed by atoms with Crippen molar-refractivity contribution in [2.24, 2.45) is 0 Å². The summed E-state index contributed by atoms with van der Waals surface area (Å²) >= 11 is 0. The standard InChI is InChI=1S/C23H22F2N4O2/c1-15-3-8-19(25)20(11-15)31-22-12-21(26-14-27-22)28-9-10-29(16(2)13-28)23(30)17-4-6-18(24)7-5-17/h3-8,11-12,14,16H,9-10,13H2,1-2H3. The summed E-state index contributed by atoms with van der Waals surface area (Å²) in [7, 11) is 0. The van der Waals surface area contributed by atoms with Gasteiger partial charge in [-0.25, -0.2) is 18.7 Å². The number of carbonyl (C=O) groups excluding carboxylic acids is 1. The quantitative estimate of drug-likeness (QED) is 0.628. The van der Waals surface area contributed by atoms with Crippen molar-refractivity contribution in [3.05, 3.63) is 77.6 Å². The molecule has 3 aromatic rings. The van der Waals surface area contributed by atoms with Gasteiger partial charge in [0.05, 0.1) is 0 Å². The van der Waals surface area contributed by atoms with E-state index in [1.807, 2.05) is 18.7 Å². The molecule has 1 aliphatic heterocycles. The number of aromatic nitrogens is 2. The van der Waals surface area contributed by atoms with E-state index in [-0.39, 0.29) is 29.4 Å². The fourth-order valence-corrected chi connectivity index (χ4v) is 3.59. The third-order valence-corrected chi connectivity index (χ3v) is 5.23. The zero-order valence-electron chi connectivity index (χ0n) is 17.3. The van der Waals surface area contributed by atoms with Gasteiger partial charge in [-0.2, -0.15) is 0 Å². The maximum Gasteiger partial charge on any atom is 0.254 e. The van der Waals surface area contributed by atoms with E-state index >= 15 is 0 Å². The van der Waals surface area contributed by atoms with Gasteiger partial charge in [0.2, 0.25) is 5.88 Å². The highest BCUT2D eigenvalue weighted by atomic mass is 19.1. The molecule has 1 aromatic heterocycles. The van der Waals surface area contributed by atoms with Crippen LogP contribution in [0.2, 0.25) is 0 Å². The molecule has 160 valence electrons. The number of carbonyl (C=O) groups is 1. The van der Waals surface area contributed by atoms with Crippen molar-refractivity contribution in [2.45, 2.75) is 19.9 Å². The largest absolute Gasteiger partial charge is 0.436 e. The van der Waals surface area contributed by atoms with E-state index in [2.05, 4.69) is 9.97 Å². The molecule has 4 rings (SSSR count). The number of anilines is 1. The van der Waals surface area contributed by atoms with Crippen LogP contribution in [0.4, 0.5) is 14.6 Å². The smallest absolute Gasteiger partial charge is 0.254 e. The van der Waals surface area contributed by atoms with Crippen LogP contribution in [0.15, 0.2) is 54.9 Å². The Hall–Kier alpha value is -3.55. The first-order valence-corrected chi connectivity index (χ1v) is 9.98. The molecular formula is C23H22F2N4O2. The minimum Gasteiger partial charge on any atom is -0.436 e. The molecule has 0 aliphatic carbocycles. The normalized spacial score (nSPS) is 16.3. The average molecular weight is 424 g/mol. The van der Waals surface area contributed by atoms with Crippen LogP contribution in [0, 0.1) is 18.6 Å². The van der Waals surface area contributed by atoms with Gasteiger partial charge in [-0.1, -0.05) is 6.07 Å². The fourth-order valence-electron chi connectivity index (χ4n) is 3.59. The molecule has 0 bridgehead atoms. The summed E-state index contributed by atoms with van der Waals surface area (Å²) in [5.41, 5.74) is 1.33. The Morgan fingerprint density at radius 3 is 2.58 bits per heavy atom. The Kier molecular flexibility index (Phi) is 5.79. The first-order chi connectivity index (χ1) is 14.9. The van der Waals surface area contributed by atoms with Crippen LogP contribution in [-0.2, 0) is 0 Å². The Morgan fingerprint density at radius 2 is 1.84 bits per heavy atom. The zero-order valence-corrected chi connectivity index (χ0v) is 17.3. The molecule has 1 fully saturated rings. The molecular weight excluding hydrogens is 402 g/mol. The number of rotatable bonds is 4. The van der Waals surface area contributed by atoms with Crippen molar-refractivity contribution in [2.75, 3.05) is 24.5 Å². The van der Waals surface area contributed by atoms with Gasteiger partial charge < -0.3 is 14.5 Å². The maximum absolute atomic E-state index is 14.0. The summed E-state index contributed by atoms with van der Waals surface area (Å²) in [5, 5.41) is 0. The molecule has 6 nitrogen and oxygen atoms in total. The van der Waals surface area contributed by atoms with Gasteiger partial charge in [-0.05, 0) is 55.8 Å². The lowest BCUT2D eigenvalue weighted by Crippen LogP contribution is -2.54. The molecule has 0 radical (unpaired) electrons. The minimum absolute atomic E-state index is 0.0835. The topological polar surface area (TPSA) is 58.6 Å². The van der Waals surface area contributed by atoms with Crippen molar-refractivity contribution in [1.82, 2.24) is 14.9 Å². The van der Waals surface area contributed by atoms with Crippen LogP contribution in [0.25, 0.3) is 0 Å². The number of hydrogen-bond acceptors (Lipinski definition) is 5. The van der Waals surface area contributed by atoms with E-state index in [9.17, 15) is 13.6 Å². The van der Waals surface area contributed by atoms with E-state index in [1.54, 1.807) is 23.1 Å². The molecule has 2 heterocycles. The van der Waals surface area contributed by atoms with Crippen molar-refractivity contribution in [3.8, 4) is 11.6 Å². The van der Waals surface area contributed by atoms with Gasteiger partial charge in [-0.3, -0.25) is 4.79 Å². The summed E-state index contributed by atoms with van der Waals surface area (Å²) in [6, 6.07) is 11.8. The summed E-state index contributed by atoms with van der Waals surface area (Å²) in [5.74, 6) is 0.0151. The van der Waals surface area contributed by atoms with Gasteiger partial charge in [0.15, 0.2) is 11.6 Å². The molecule has 31 heavy (non-hydrogen) atoms. The lowest BCUT2D eigenvalue weighted by atomic mass is 10.1. The molecule has 0 spiro atoms. The monoisotopic (exact) mass is 424 g/mol. The summed E-state index contributed by atoms with van der Waals surface area (Å²) in [6.45, 7) is 5.42. The number of amides is 1. The number of benzene rings is 2. The fraction of sp³-hybridized carbons (Fsp3) is 0.261. The molecule has 0 N–H and O–H groups in total. The second-order valence-corrected chi connectivity index (χ2v) is 7.55. The molecule has 1 unspecified atom stereocenters. The Balaban J connectivity index is 1.45. The second-order valence-electron chi connectivity index (χ2n) is 7.55. The van der Waals surface area contributed by atoms with Crippen LogP contribution < -0.4 is 9.64 Å². The molecule has 1 saturated heterocycles. The van der Waals surface area contributed by atoms with Crippen LogP contribution in [0.3, 0.4) is 0 Å². The van der Waals surface area contributed by atoms with Crippen molar-refractivity contribution in [1.29, 1.82) is 0 Å². The van der Waals surface area contributed by atoms with Crippen molar-refractivity contribution >= 4 is 11.7 Å². The molecule has 2 aromatic carbocycles. The highest BCUT2D eigenvalue weighted by Crippen LogP contribution is 2.27. The Labute approximate surface area is 179 Å². The minimum atomic E-state index is -0.465. The zero-order chi connectivity index (χ0) is 22.0. The number of ether oxygens (including phenoxy) is 1. The molecule has 0 saturated carbocycles. The van der Waals surface area contributed by atoms with Crippen LogP contribution >= 0.6 is 0 Å². The number of piperazine rings is 1. The number of halogens is 2. The molecule has 1 aliphatic rings. The van der Waals surface area contributed by atoms with Crippen molar-refractivity contribution in [3.63, 3.8) is 0 Å². The van der Waals surface area contributed by atoms with Crippen LogP contribution in [0.5, 0.6) is 11.6 Å². The Bertz CT molecular complexity index is 1090. The third kappa shape index (κ3) is 4.63. The van der Waals surface area contributed by atoms with Gasteiger partial charge in [0.25, 0.3) is 5.91 Å². The Morgan fingerprint density at radius 1 is 1.06 bits per heavy atom. The first-order valence-electron chi connectivity index (χ1n) is 9.98. The van der Waals surface area contributed by atoms with Gasteiger partial charge in [0, 0.05) is 37.3 Å². The first kappa shape index (κ1) is 20.7. The number of aryl methyl sites for hydroxylation is 1. The van der Waals surface area contributed by atoms with Gasteiger partial charge in [0.1, 0.15) is 18.0 Å². The summed E-state index contributed by atoms with van der Waals surface area (Å²) < 4.78 is 32.8. The predicted molar refractivity (Wildman–Crippen MR) is 112 cm³/mol. The maximum atomic E-state index is 14.0. The highest BCUT2D eigenvalue weighted by Gasteiger charge is 2.29. The third-order valence-electron chi connectivity index (χ3n) is 5.23. The summed E-state index contributed by atoms with van der Waals surface area (Å²) in [4.78, 5) is 25.0. The van der Waals surface area contributed by atoms with Crippen LogP contribution in [0.1, 0.15) is 22.8 Å². The SMILES string of the molecule is Cc1ccc(F)c(Oc2cc(N3CCN(C(=O)c4ccc(F)cc4)C(C)C3)ncn2)c1. The lowest BCUT2D eigenvalue weighted by Gasteiger charge is -2.40. The van der Waals surface area contributed by atoms with E-state index in [4.69, 9.17) is 4.74 Å². The second kappa shape index (κ2) is 8.67. The van der Waals surface area contributed by atoms with Crippen molar-refractivity contribution < 1.29 is 18.3 Å². The van der Waals surface area contributed by atoms with Gasteiger partial charge >= 0.3 is 0 Å². The number of hydrogen-bond donors (Lipinski definition) is 0. The van der Waals surface area contributed by atoms with E-state index in [0.29, 0.717) is 31.0 Å². The van der Waals surface area contributed by atoms with E-state index < -0.39 is 5.82 Å². The predicted octanol–water partition coefficient (Wildman–Crippen LogP) is 4.21. The number of nitrogens with zero attached hydrogens (tertiary/aromatic N) is 4.